The van der Waals surface area contributed by atoms with Gasteiger partial charge in [0.15, 0.2) is 13.2 Å². The normalized spacial score (nSPS) is 14.4. The Morgan fingerprint density at radius 1 is 0.836 bits per heavy atom. The van der Waals surface area contributed by atoms with Crippen LogP contribution in [0.2, 0.25) is 0 Å². The molecule has 2 heterocycles. The van der Waals surface area contributed by atoms with Crippen molar-refractivity contribution in [3.63, 3.8) is 0 Å². The lowest BCUT2D eigenvalue weighted by Crippen LogP contribution is -2.37. The first-order valence-electron chi connectivity index (χ1n) is 20.8. The number of carboxylic acids is 1. The van der Waals surface area contributed by atoms with Crippen LogP contribution in [0.4, 0.5) is 5.69 Å². The molecule has 0 spiro atoms. The van der Waals surface area contributed by atoms with E-state index in [1.165, 1.54) is 64.2 Å². The molecule has 0 radical (unpaired) electrons. The van der Waals surface area contributed by atoms with Crippen LogP contribution in [0.1, 0.15) is 147 Å². The van der Waals surface area contributed by atoms with Crippen LogP contribution in [0.3, 0.4) is 0 Å². The highest BCUT2D eigenvalue weighted by molar-refractivity contribution is 5.78. The third-order valence-electron chi connectivity index (χ3n) is 11.0. The van der Waals surface area contributed by atoms with Gasteiger partial charge in [0.2, 0.25) is 5.58 Å². The Balaban J connectivity index is 1.84. The van der Waals surface area contributed by atoms with E-state index in [9.17, 15) is 25.2 Å². The van der Waals surface area contributed by atoms with Crippen LogP contribution in [0.25, 0.3) is 17.2 Å². The van der Waals surface area contributed by atoms with Gasteiger partial charge in [0.25, 0.3) is 12.0 Å². The molecule has 0 saturated carbocycles. The number of carbonyl (C=O) groups excluding carboxylic acids is 1. The number of hydrogen-bond acceptors (Lipinski definition) is 7. The van der Waals surface area contributed by atoms with Crippen molar-refractivity contribution >= 4 is 35.3 Å². The maximum Gasteiger partial charge on any atom is 0.375 e. The van der Waals surface area contributed by atoms with Crippen LogP contribution in [-0.2, 0) is 26.3 Å². The zero-order valence-electron chi connectivity index (χ0n) is 33.2. The molecule has 1 aromatic heterocycles. The maximum atomic E-state index is 12.1. The minimum Gasteiger partial charge on any atom is -0.481 e. The van der Waals surface area contributed by atoms with Gasteiger partial charge in [-0.3, -0.25) is 9.59 Å². The van der Waals surface area contributed by atoms with Gasteiger partial charge in [0, 0.05) is 29.4 Å². The summed E-state index contributed by atoms with van der Waals surface area (Å²) in [6.45, 7) is 5.44. The monoisotopic (exact) mass is 749 g/mol. The number of unbranched alkanes of at least 4 members (excludes halogenated alkanes) is 14. The number of nitriles is 2. The number of aromatic nitrogens is 1. The number of allylic oxidation sites excluding steroid dienone is 3. The van der Waals surface area contributed by atoms with E-state index in [1.807, 2.05) is 51.9 Å². The Kier molecular flexibility index (Phi) is 18.0. The Bertz CT molecular complexity index is 1810. The van der Waals surface area contributed by atoms with Crippen LogP contribution in [0.15, 0.2) is 69.8 Å². The van der Waals surface area contributed by atoms with Crippen molar-refractivity contribution < 1.29 is 28.4 Å². The van der Waals surface area contributed by atoms with Gasteiger partial charge in [-0.15, -0.1) is 0 Å². The number of carbonyl (C=O) groups is 2. The largest absolute Gasteiger partial charge is 0.481 e. The molecule has 4 rings (SSSR count). The average molecular weight is 750 g/mol. The van der Waals surface area contributed by atoms with Gasteiger partial charge >= 0.3 is 11.9 Å². The molecule has 1 aliphatic rings. The Morgan fingerprint density at radius 3 is 2.00 bits per heavy atom. The zero-order valence-corrected chi connectivity index (χ0v) is 33.2. The highest BCUT2D eigenvalue weighted by atomic mass is 16.5. The minimum atomic E-state index is -0.920. The summed E-state index contributed by atoms with van der Waals surface area (Å²) in [4.78, 5) is 25.1. The van der Waals surface area contributed by atoms with Crippen molar-refractivity contribution in [3.8, 4) is 12.1 Å². The summed E-state index contributed by atoms with van der Waals surface area (Å²) >= 11 is 0. The fourth-order valence-electron chi connectivity index (χ4n) is 8.29. The molecule has 1 aliphatic heterocycles. The quantitative estimate of drug-likeness (QED) is 0.0353. The first-order chi connectivity index (χ1) is 26.9. The smallest absolute Gasteiger partial charge is 0.375 e. The fraction of sp³-hybridized carbons (Fsp3) is 0.543. The van der Waals surface area contributed by atoms with E-state index in [1.54, 1.807) is 6.08 Å². The van der Waals surface area contributed by atoms with E-state index >= 15 is 0 Å². The number of oxazole rings is 1. The second-order valence-electron chi connectivity index (χ2n) is 14.9. The number of fused-ring (bicyclic) bond motifs is 2. The van der Waals surface area contributed by atoms with Gasteiger partial charge in [-0.1, -0.05) is 147 Å². The summed E-state index contributed by atoms with van der Waals surface area (Å²) < 4.78 is 13.1. The number of ether oxygens (including phenoxy) is 1. The maximum absolute atomic E-state index is 12.1. The van der Waals surface area contributed by atoms with Gasteiger partial charge in [-0.25, -0.2) is 0 Å². The predicted molar refractivity (Wildman–Crippen MR) is 217 cm³/mol. The predicted octanol–water partition coefficient (Wildman–Crippen LogP) is 10.9. The Labute approximate surface area is 328 Å². The standard InChI is InChI=1S/C46H60N4O5/c1-3-5-7-9-11-13-15-21-28-46(29-22-16-14-12-10-8-6-4-2)39-23-17-18-24-40(39)50(30-27-44(52)53)45(46)38(35-48)37(34-47)33-43-49(31-32-54-36-51)41-25-19-20-26-42(41)55-43/h17-20,23-26,33,36H,3-16,21-22,27-32H2,1-2H3/p+1. The van der Waals surface area contributed by atoms with Gasteiger partial charge in [-0.2, -0.15) is 15.1 Å². The molecule has 55 heavy (non-hydrogen) atoms. The van der Waals surface area contributed by atoms with Crippen molar-refractivity contribution in [1.82, 2.24) is 0 Å². The van der Waals surface area contributed by atoms with Crippen LogP contribution in [0.5, 0.6) is 0 Å². The molecule has 0 aliphatic carbocycles. The lowest BCUT2D eigenvalue weighted by Gasteiger charge is -2.35. The minimum absolute atomic E-state index is 0.102. The van der Waals surface area contributed by atoms with E-state index in [2.05, 4.69) is 32.1 Å². The summed E-state index contributed by atoms with van der Waals surface area (Å²) in [5.74, 6) is -0.569. The second kappa shape index (κ2) is 23.1. The summed E-state index contributed by atoms with van der Waals surface area (Å²) in [6.07, 6.45) is 21.8. The molecular weight excluding hydrogens is 689 g/mol. The molecule has 0 bridgehead atoms. The van der Waals surface area contributed by atoms with Crippen molar-refractivity contribution in [3.05, 3.63) is 76.8 Å². The number of para-hydroxylation sites is 3. The summed E-state index contributed by atoms with van der Waals surface area (Å²) in [5.41, 5.74) is 3.90. The molecule has 9 nitrogen and oxygen atoms in total. The zero-order chi connectivity index (χ0) is 39.3. The second-order valence-corrected chi connectivity index (χ2v) is 14.9. The molecule has 2 aromatic carbocycles. The molecule has 0 saturated heterocycles. The molecule has 0 fully saturated rings. The first-order valence-corrected chi connectivity index (χ1v) is 20.8. The Hall–Kier alpha value is -4.89. The van der Waals surface area contributed by atoms with E-state index < -0.39 is 11.4 Å². The highest BCUT2D eigenvalue weighted by Crippen LogP contribution is 2.55. The molecule has 0 amide bonds. The third kappa shape index (κ3) is 11.6. The molecule has 9 heteroatoms. The molecule has 294 valence electrons. The SMILES string of the molecule is CCCCCCCCCCC1(CCCCCCCCCC)C(=C(C#N)/C(C#N)=C/c2oc3ccccc3[n+]2CCOC=O)N(CCC(=O)O)c2ccccc21. The van der Waals surface area contributed by atoms with Gasteiger partial charge in [-0.05, 0) is 30.5 Å². The van der Waals surface area contributed by atoms with E-state index in [4.69, 9.17) is 9.15 Å². The number of anilines is 1. The van der Waals surface area contributed by atoms with Gasteiger partial charge < -0.3 is 19.2 Å². The molecular formula is C46H61N4O5+. The van der Waals surface area contributed by atoms with Crippen LogP contribution >= 0.6 is 0 Å². The molecule has 1 N–H and O–H groups in total. The lowest BCUT2D eigenvalue weighted by atomic mass is 9.70. The summed E-state index contributed by atoms with van der Waals surface area (Å²) in [5, 5.41) is 31.9. The molecule has 0 atom stereocenters. The lowest BCUT2D eigenvalue weighted by molar-refractivity contribution is -0.679. The summed E-state index contributed by atoms with van der Waals surface area (Å²) in [6, 6.07) is 20.5. The van der Waals surface area contributed by atoms with Crippen LogP contribution < -0.4 is 9.47 Å². The molecule has 3 aromatic rings. The Morgan fingerprint density at radius 2 is 1.42 bits per heavy atom. The van der Waals surface area contributed by atoms with E-state index in [-0.39, 0.29) is 37.3 Å². The van der Waals surface area contributed by atoms with Crippen molar-refractivity contribution in [2.24, 2.45) is 0 Å². The number of benzene rings is 2. The molecule has 0 unspecified atom stereocenters. The number of nitrogens with zero attached hydrogens (tertiary/aromatic N) is 4. The number of hydrogen-bond donors (Lipinski definition) is 1. The van der Waals surface area contributed by atoms with Crippen molar-refractivity contribution in [1.29, 1.82) is 10.5 Å². The van der Waals surface area contributed by atoms with Crippen LogP contribution in [0, 0.1) is 22.7 Å². The van der Waals surface area contributed by atoms with E-state index in [0.717, 1.165) is 73.8 Å². The highest BCUT2D eigenvalue weighted by Gasteiger charge is 2.48. The summed E-state index contributed by atoms with van der Waals surface area (Å²) in [7, 11) is 0. The third-order valence-corrected chi connectivity index (χ3v) is 11.0. The first kappa shape index (κ1) is 42.8. The number of rotatable bonds is 27. The van der Waals surface area contributed by atoms with Gasteiger partial charge in [0.05, 0.1) is 23.6 Å². The van der Waals surface area contributed by atoms with Crippen molar-refractivity contribution in [2.45, 2.75) is 148 Å². The fourth-order valence-corrected chi connectivity index (χ4v) is 8.29. The number of carboxylic acid groups (broad SMARTS) is 1. The van der Waals surface area contributed by atoms with E-state index in [0.29, 0.717) is 17.9 Å². The van der Waals surface area contributed by atoms with Crippen molar-refractivity contribution in [2.75, 3.05) is 18.1 Å². The van der Waals surface area contributed by atoms with Crippen LogP contribution in [-0.4, -0.2) is 30.7 Å². The van der Waals surface area contributed by atoms with Gasteiger partial charge in [0.1, 0.15) is 12.1 Å². The topological polar surface area (TPSA) is 131 Å². The average Bonchev–Trinajstić information content (AvgIpc) is 3.68. The number of aliphatic carboxylic acids is 1.